The third-order valence-corrected chi connectivity index (χ3v) is 1.36. The lowest BCUT2D eigenvalue weighted by Gasteiger charge is -1.94. The molecule has 0 aliphatic heterocycles. The zero-order chi connectivity index (χ0) is 7.84. The lowest BCUT2D eigenvalue weighted by molar-refractivity contribution is 0.909. The van der Waals surface area contributed by atoms with E-state index in [1.807, 2.05) is 0 Å². The van der Waals surface area contributed by atoms with E-state index in [-0.39, 0.29) is 5.95 Å². The lowest BCUT2D eigenvalue weighted by atomic mass is 10.6. The molecule has 2 heterocycles. The maximum absolute atomic E-state index is 5.52. The van der Waals surface area contributed by atoms with Gasteiger partial charge in [-0.1, -0.05) is 0 Å². The van der Waals surface area contributed by atoms with Crippen molar-refractivity contribution >= 4 is 17.3 Å². The van der Waals surface area contributed by atoms with E-state index in [1.165, 1.54) is 17.0 Å². The van der Waals surface area contributed by atoms with Gasteiger partial charge in [0.15, 0.2) is 5.65 Å². The Kier molecular flexibility index (Phi) is 0.974. The van der Waals surface area contributed by atoms with Gasteiger partial charge < -0.3 is 11.5 Å². The van der Waals surface area contributed by atoms with Crippen molar-refractivity contribution in [3.8, 4) is 0 Å². The highest BCUT2D eigenvalue weighted by atomic mass is 15.3. The normalized spacial score (nSPS) is 10.5. The summed E-state index contributed by atoms with van der Waals surface area (Å²) in [5, 5.41) is 3.86. The molecular weight excluding hydrogens is 144 g/mol. The molecule has 0 unspecified atom stereocenters. The van der Waals surface area contributed by atoms with Crippen molar-refractivity contribution in [3.63, 3.8) is 0 Å². The first-order valence-electron chi connectivity index (χ1n) is 2.99. The van der Waals surface area contributed by atoms with Gasteiger partial charge in [-0.05, 0) is 0 Å². The summed E-state index contributed by atoms with van der Waals surface area (Å²) in [7, 11) is 0. The lowest BCUT2D eigenvalue weighted by Crippen LogP contribution is -2.02. The molecule has 0 aliphatic carbocycles. The number of fused-ring (bicyclic) bond motifs is 1. The molecule has 56 valence electrons. The van der Waals surface area contributed by atoms with Crippen LogP contribution in [0.1, 0.15) is 0 Å². The molecular formula is C5H6N6. The van der Waals surface area contributed by atoms with Gasteiger partial charge in [-0.2, -0.15) is 9.61 Å². The molecule has 0 bridgehead atoms. The van der Waals surface area contributed by atoms with Crippen LogP contribution in [0.5, 0.6) is 0 Å². The van der Waals surface area contributed by atoms with Gasteiger partial charge in [0.2, 0.25) is 5.95 Å². The Labute approximate surface area is 61.9 Å². The molecule has 0 aromatic carbocycles. The molecule has 2 aromatic rings. The second kappa shape index (κ2) is 1.82. The van der Waals surface area contributed by atoms with Gasteiger partial charge in [0.25, 0.3) is 0 Å². The minimum atomic E-state index is 0.284. The summed E-state index contributed by atoms with van der Waals surface area (Å²) in [6.45, 7) is 0. The Morgan fingerprint density at radius 3 is 2.82 bits per heavy atom. The molecule has 4 N–H and O–H groups in total. The molecule has 6 nitrogen and oxygen atoms in total. The number of rotatable bonds is 0. The Balaban J connectivity index is 2.94. The molecule has 0 fully saturated rings. The second-order valence-corrected chi connectivity index (χ2v) is 2.07. The highest BCUT2D eigenvalue weighted by Gasteiger charge is 2.02. The molecule has 0 atom stereocenters. The van der Waals surface area contributed by atoms with Crippen molar-refractivity contribution < 1.29 is 0 Å². The third-order valence-electron chi connectivity index (χ3n) is 1.36. The highest BCUT2D eigenvalue weighted by molar-refractivity contribution is 5.64. The topological polar surface area (TPSA) is 95.1 Å². The monoisotopic (exact) mass is 150 g/mol. The smallest absolute Gasteiger partial charge is 0.224 e. The van der Waals surface area contributed by atoms with Crippen LogP contribution in [0.3, 0.4) is 0 Å². The fraction of sp³-hybridized carbons (Fsp3) is 0. The number of nitrogens with two attached hydrogens (primary N) is 2. The van der Waals surface area contributed by atoms with Crippen LogP contribution in [0.25, 0.3) is 5.65 Å². The first-order valence-corrected chi connectivity index (χ1v) is 2.99. The fourth-order valence-electron chi connectivity index (χ4n) is 0.849. The van der Waals surface area contributed by atoms with Crippen LogP contribution >= 0.6 is 0 Å². The summed E-state index contributed by atoms with van der Waals surface area (Å²) >= 11 is 0. The van der Waals surface area contributed by atoms with Gasteiger partial charge in [0.05, 0.1) is 11.9 Å². The van der Waals surface area contributed by atoms with E-state index in [0.717, 1.165) is 0 Å². The molecule has 0 radical (unpaired) electrons. The number of hydrogen-bond acceptors (Lipinski definition) is 5. The van der Waals surface area contributed by atoms with Crippen molar-refractivity contribution in [2.45, 2.75) is 0 Å². The summed E-state index contributed by atoms with van der Waals surface area (Å²) in [5.74, 6) is 0.284. The maximum Gasteiger partial charge on any atom is 0.224 e. The summed E-state index contributed by atoms with van der Waals surface area (Å²) in [6, 6.07) is 0. The van der Waals surface area contributed by atoms with Crippen LogP contribution < -0.4 is 11.5 Å². The first-order chi connectivity index (χ1) is 5.29. The van der Waals surface area contributed by atoms with Crippen LogP contribution in [0, 0.1) is 0 Å². The first kappa shape index (κ1) is 5.90. The van der Waals surface area contributed by atoms with E-state index in [9.17, 15) is 0 Å². The van der Waals surface area contributed by atoms with E-state index in [0.29, 0.717) is 11.3 Å². The molecule has 6 heteroatoms. The standard InChI is InChI=1S/C5H6N6/c6-3-1-10-11-4(3)8-2-9-5(11)7/h1-2H,6H2,(H2,7,8,9). The SMILES string of the molecule is Nc1cnn2c(N)ncnc12. The summed E-state index contributed by atoms with van der Waals surface area (Å²) in [5.41, 5.74) is 12.0. The van der Waals surface area contributed by atoms with E-state index in [2.05, 4.69) is 15.1 Å². The minimum Gasteiger partial charge on any atom is -0.394 e. The maximum atomic E-state index is 5.52. The van der Waals surface area contributed by atoms with Crippen LogP contribution in [-0.2, 0) is 0 Å². The van der Waals surface area contributed by atoms with Gasteiger partial charge >= 0.3 is 0 Å². The molecule has 0 spiro atoms. The Morgan fingerprint density at radius 1 is 1.27 bits per heavy atom. The van der Waals surface area contributed by atoms with E-state index in [4.69, 9.17) is 11.5 Å². The summed E-state index contributed by atoms with van der Waals surface area (Å²) in [6.07, 6.45) is 2.84. The highest BCUT2D eigenvalue weighted by Crippen LogP contribution is 2.09. The fourth-order valence-corrected chi connectivity index (χ4v) is 0.849. The van der Waals surface area contributed by atoms with E-state index >= 15 is 0 Å². The van der Waals surface area contributed by atoms with Crippen LogP contribution in [0.2, 0.25) is 0 Å². The van der Waals surface area contributed by atoms with Gasteiger partial charge in [0.1, 0.15) is 6.33 Å². The summed E-state index contributed by atoms with van der Waals surface area (Å²) in [4.78, 5) is 7.62. The van der Waals surface area contributed by atoms with E-state index < -0.39 is 0 Å². The van der Waals surface area contributed by atoms with Gasteiger partial charge in [-0.15, -0.1) is 0 Å². The molecule has 0 aliphatic rings. The Hall–Kier alpha value is -1.85. The molecule has 0 amide bonds. The van der Waals surface area contributed by atoms with Crippen LogP contribution in [0.15, 0.2) is 12.5 Å². The average Bonchev–Trinajstić information content (AvgIpc) is 2.35. The van der Waals surface area contributed by atoms with Crippen molar-refractivity contribution in [1.29, 1.82) is 0 Å². The predicted molar refractivity (Wildman–Crippen MR) is 39.6 cm³/mol. The number of aromatic nitrogens is 4. The molecule has 2 aromatic heterocycles. The summed E-state index contributed by atoms with van der Waals surface area (Å²) < 4.78 is 1.38. The van der Waals surface area contributed by atoms with Crippen molar-refractivity contribution in [2.75, 3.05) is 11.5 Å². The Morgan fingerprint density at radius 2 is 2.09 bits per heavy atom. The van der Waals surface area contributed by atoms with Crippen LogP contribution in [0.4, 0.5) is 11.6 Å². The second-order valence-electron chi connectivity index (χ2n) is 2.07. The number of anilines is 2. The molecule has 11 heavy (non-hydrogen) atoms. The number of nitrogens with zero attached hydrogens (tertiary/aromatic N) is 4. The van der Waals surface area contributed by atoms with Gasteiger partial charge in [-0.3, -0.25) is 0 Å². The van der Waals surface area contributed by atoms with Crippen molar-refractivity contribution in [3.05, 3.63) is 12.5 Å². The quantitative estimate of drug-likeness (QED) is 0.517. The van der Waals surface area contributed by atoms with Crippen molar-refractivity contribution in [1.82, 2.24) is 19.6 Å². The van der Waals surface area contributed by atoms with Crippen LogP contribution in [-0.4, -0.2) is 19.6 Å². The molecule has 0 saturated carbocycles. The average molecular weight is 150 g/mol. The van der Waals surface area contributed by atoms with Gasteiger partial charge in [-0.25, -0.2) is 9.97 Å². The molecule has 2 rings (SSSR count). The molecule has 0 saturated heterocycles. The zero-order valence-electron chi connectivity index (χ0n) is 5.60. The van der Waals surface area contributed by atoms with Crippen molar-refractivity contribution in [2.24, 2.45) is 0 Å². The number of nitrogen functional groups attached to an aromatic ring is 2. The number of hydrogen-bond donors (Lipinski definition) is 2. The zero-order valence-corrected chi connectivity index (χ0v) is 5.60. The Bertz CT molecular complexity index is 391. The van der Waals surface area contributed by atoms with E-state index in [1.54, 1.807) is 0 Å². The van der Waals surface area contributed by atoms with Gasteiger partial charge in [0, 0.05) is 0 Å². The minimum absolute atomic E-state index is 0.284. The largest absolute Gasteiger partial charge is 0.394 e. The third kappa shape index (κ3) is 0.689. The predicted octanol–water partition coefficient (Wildman–Crippen LogP) is -0.711.